The molecule has 6 heteroatoms. The summed E-state index contributed by atoms with van der Waals surface area (Å²) in [5.41, 5.74) is 0. The molecule has 0 unspecified atom stereocenters. The van der Waals surface area contributed by atoms with Gasteiger partial charge in [-0.05, 0) is 0 Å². The number of nitrogens with zero attached hydrogens (tertiary/aromatic N) is 1. The minimum Gasteiger partial charge on any atom is -0.480 e. The summed E-state index contributed by atoms with van der Waals surface area (Å²) in [4.78, 5) is 11.7. The molecule has 0 radical (unpaired) electrons. The van der Waals surface area contributed by atoms with Gasteiger partial charge < -0.3 is 5.11 Å². The summed E-state index contributed by atoms with van der Waals surface area (Å²) < 4.78 is 25.1. The van der Waals surface area contributed by atoms with Crippen molar-refractivity contribution in [2.45, 2.75) is 18.8 Å². The minimum absolute atomic E-state index is 0. The second-order valence-electron chi connectivity index (χ2n) is 3.03. The highest BCUT2D eigenvalue weighted by molar-refractivity contribution is 5.85. The highest BCUT2D eigenvalue weighted by Crippen LogP contribution is 2.27. The molecule has 1 fully saturated rings. The predicted octanol–water partition coefficient (Wildman–Crippen LogP) is 1.22. The van der Waals surface area contributed by atoms with E-state index in [1.165, 1.54) is 4.90 Å². The zero-order valence-electron chi connectivity index (χ0n) is 7.00. The summed E-state index contributed by atoms with van der Waals surface area (Å²) in [7, 11) is 0. The van der Waals surface area contributed by atoms with Crippen LogP contribution in [0.25, 0.3) is 0 Å². The summed E-state index contributed by atoms with van der Waals surface area (Å²) in [5.74, 6) is -3.55. The summed E-state index contributed by atoms with van der Waals surface area (Å²) >= 11 is 0. The highest BCUT2D eigenvalue weighted by Gasteiger charge is 2.34. The van der Waals surface area contributed by atoms with Crippen molar-refractivity contribution in [2.75, 3.05) is 19.6 Å². The first kappa shape index (κ1) is 12.6. The fourth-order valence-corrected chi connectivity index (χ4v) is 1.23. The third-order valence-electron chi connectivity index (χ3n) is 1.95. The molecule has 3 nitrogen and oxygen atoms in total. The Balaban J connectivity index is 0.00000144. The Morgan fingerprint density at radius 1 is 1.38 bits per heavy atom. The first-order chi connectivity index (χ1) is 5.49. The van der Waals surface area contributed by atoms with Gasteiger partial charge in [0.25, 0.3) is 5.92 Å². The number of carboxylic acid groups (broad SMARTS) is 1. The van der Waals surface area contributed by atoms with Gasteiger partial charge in [0.05, 0.1) is 6.54 Å². The Morgan fingerprint density at radius 3 is 2.23 bits per heavy atom. The molecule has 13 heavy (non-hydrogen) atoms. The summed E-state index contributed by atoms with van der Waals surface area (Å²) in [6, 6.07) is 0. The fraction of sp³-hybridized carbons (Fsp3) is 0.857. The van der Waals surface area contributed by atoms with E-state index >= 15 is 0 Å². The number of carbonyl (C=O) groups is 1. The number of hydrogen-bond donors (Lipinski definition) is 1. The SMILES string of the molecule is Cl.O=C(O)CN1CCC(F)(F)CC1. The molecule has 0 atom stereocenters. The lowest BCUT2D eigenvalue weighted by Gasteiger charge is -2.30. The van der Waals surface area contributed by atoms with Crippen molar-refractivity contribution < 1.29 is 18.7 Å². The number of carboxylic acids is 1. The first-order valence-electron chi connectivity index (χ1n) is 3.82. The van der Waals surface area contributed by atoms with Gasteiger partial charge in [0.1, 0.15) is 0 Å². The van der Waals surface area contributed by atoms with Crippen molar-refractivity contribution in [3.8, 4) is 0 Å². The quantitative estimate of drug-likeness (QED) is 0.753. The van der Waals surface area contributed by atoms with E-state index in [2.05, 4.69) is 0 Å². The van der Waals surface area contributed by atoms with E-state index < -0.39 is 11.9 Å². The molecule has 1 heterocycles. The molecular weight excluding hydrogens is 204 g/mol. The third kappa shape index (κ3) is 4.38. The molecule has 1 N–H and O–H groups in total. The Hall–Kier alpha value is -0.420. The van der Waals surface area contributed by atoms with Gasteiger partial charge in [0, 0.05) is 25.9 Å². The summed E-state index contributed by atoms with van der Waals surface area (Å²) in [5, 5.41) is 8.37. The number of halogens is 3. The minimum atomic E-state index is -2.59. The maximum Gasteiger partial charge on any atom is 0.317 e. The van der Waals surface area contributed by atoms with Crippen LogP contribution in [0.5, 0.6) is 0 Å². The molecule has 78 valence electrons. The lowest BCUT2D eigenvalue weighted by atomic mass is 10.1. The van der Waals surface area contributed by atoms with Crippen LogP contribution in [0.15, 0.2) is 0 Å². The van der Waals surface area contributed by atoms with Gasteiger partial charge in [-0.3, -0.25) is 9.69 Å². The van der Waals surface area contributed by atoms with Crippen LogP contribution in [0.4, 0.5) is 8.78 Å². The van der Waals surface area contributed by atoms with E-state index in [1.54, 1.807) is 0 Å². The van der Waals surface area contributed by atoms with Crippen LogP contribution in [0.2, 0.25) is 0 Å². The smallest absolute Gasteiger partial charge is 0.317 e. The molecule has 0 amide bonds. The van der Waals surface area contributed by atoms with Crippen molar-refractivity contribution in [1.82, 2.24) is 4.90 Å². The van der Waals surface area contributed by atoms with Crippen LogP contribution in [0, 0.1) is 0 Å². The Bertz CT molecular complexity index is 179. The van der Waals surface area contributed by atoms with E-state index in [-0.39, 0.29) is 44.9 Å². The Kier molecular flexibility index (Phi) is 4.56. The van der Waals surface area contributed by atoms with E-state index in [9.17, 15) is 13.6 Å². The van der Waals surface area contributed by atoms with Crippen LogP contribution in [0.3, 0.4) is 0 Å². The molecule has 0 spiro atoms. The monoisotopic (exact) mass is 215 g/mol. The van der Waals surface area contributed by atoms with E-state index in [0.717, 1.165) is 0 Å². The summed E-state index contributed by atoms with van der Waals surface area (Å²) in [6.45, 7) is 0.231. The number of alkyl halides is 2. The van der Waals surface area contributed by atoms with E-state index in [4.69, 9.17) is 5.11 Å². The molecule has 0 aromatic rings. The molecule has 1 saturated heterocycles. The second kappa shape index (κ2) is 4.72. The molecule has 1 rings (SSSR count). The van der Waals surface area contributed by atoms with Gasteiger partial charge in [-0.2, -0.15) is 0 Å². The van der Waals surface area contributed by atoms with Gasteiger partial charge in [-0.25, -0.2) is 8.78 Å². The van der Waals surface area contributed by atoms with Crippen LogP contribution >= 0.6 is 12.4 Å². The van der Waals surface area contributed by atoms with Crippen LogP contribution < -0.4 is 0 Å². The van der Waals surface area contributed by atoms with E-state index in [1.807, 2.05) is 0 Å². The molecule has 1 aliphatic heterocycles. The molecular formula is C7H12ClF2NO2. The standard InChI is InChI=1S/C7H11F2NO2.ClH/c8-7(9)1-3-10(4-2-7)5-6(11)12;/h1-5H2,(H,11,12);1H. The maximum atomic E-state index is 12.5. The number of aliphatic carboxylic acids is 1. The van der Waals surface area contributed by atoms with Gasteiger partial charge in [0.15, 0.2) is 0 Å². The summed E-state index contributed by atoms with van der Waals surface area (Å²) in [6.07, 6.45) is -0.444. The number of piperidine rings is 1. The van der Waals surface area contributed by atoms with Crippen molar-refractivity contribution in [3.05, 3.63) is 0 Å². The van der Waals surface area contributed by atoms with Crippen LogP contribution in [0.1, 0.15) is 12.8 Å². The van der Waals surface area contributed by atoms with Crippen LogP contribution in [-0.2, 0) is 4.79 Å². The average Bonchev–Trinajstić information content (AvgIpc) is 1.93. The molecule has 1 aliphatic rings. The second-order valence-corrected chi connectivity index (χ2v) is 3.03. The van der Waals surface area contributed by atoms with Crippen molar-refractivity contribution in [3.63, 3.8) is 0 Å². The number of rotatable bonds is 2. The lowest BCUT2D eigenvalue weighted by Crippen LogP contribution is -2.41. The molecule has 0 aliphatic carbocycles. The van der Waals surface area contributed by atoms with Crippen LogP contribution in [-0.4, -0.2) is 41.5 Å². The molecule has 0 bridgehead atoms. The zero-order valence-corrected chi connectivity index (χ0v) is 7.82. The number of likely N-dealkylation sites (tertiary alicyclic amines) is 1. The third-order valence-corrected chi connectivity index (χ3v) is 1.95. The fourth-order valence-electron chi connectivity index (χ4n) is 1.23. The first-order valence-corrected chi connectivity index (χ1v) is 3.82. The van der Waals surface area contributed by atoms with Gasteiger partial charge >= 0.3 is 5.97 Å². The largest absolute Gasteiger partial charge is 0.480 e. The van der Waals surface area contributed by atoms with E-state index in [0.29, 0.717) is 0 Å². The number of hydrogen-bond acceptors (Lipinski definition) is 2. The molecule has 0 aromatic carbocycles. The van der Waals surface area contributed by atoms with Crippen molar-refractivity contribution >= 4 is 18.4 Å². The Labute approximate surface area is 81.1 Å². The average molecular weight is 216 g/mol. The zero-order chi connectivity index (χ0) is 9.19. The normalized spacial score (nSPS) is 22.0. The predicted molar refractivity (Wildman–Crippen MR) is 45.5 cm³/mol. The molecule has 0 aromatic heterocycles. The van der Waals surface area contributed by atoms with Gasteiger partial charge in [-0.1, -0.05) is 0 Å². The van der Waals surface area contributed by atoms with Gasteiger partial charge in [-0.15, -0.1) is 12.4 Å². The lowest BCUT2D eigenvalue weighted by molar-refractivity contribution is -0.140. The topological polar surface area (TPSA) is 40.5 Å². The highest BCUT2D eigenvalue weighted by atomic mass is 35.5. The van der Waals surface area contributed by atoms with Crippen molar-refractivity contribution in [2.24, 2.45) is 0 Å². The molecule has 0 saturated carbocycles. The van der Waals surface area contributed by atoms with Crippen molar-refractivity contribution in [1.29, 1.82) is 0 Å². The van der Waals surface area contributed by atoms with Gasteiger partial charge in [0.2, 0.25) is 0 Å². The Morgan fingerprint density at radius 2 is 1.85 bits per heavy atom. The maximum absolute atomic E-state index is 12.5.